The lowest BCUT2D eigenvalue weighted by atomic mass is 10.1. The number of benzene rings is 3. The minimum atomic E-state index is -3.72. The van der Waals surface area contributed by atoms with Crippen molar-refractivity contribution in [2.45, 2.75) is 23.8 Å². The van der Waals surface area contributed by atoms with Crippen molar-refractivity contribution in [1.29, 1.82) is 0 Å². The molecule has 0 aliphatic carbocycles. The maximum absolute atomic E-state index is 12.6. The molecule has 0 bridgehead atoms. The molecular formula is C24H24N2O5S. The number of rotatable bonds is 7. The third-order valence-corrected chi connectivity index (χ3v) is 7.64. The van der Waals surface area contributed by atoms with E-state index in [1.807, 2.05) is 36.4 Å². The number of hydrogen-bond acceptors (Lipinski definition) is 6. The van der Waals surface area contributed by atoms with Crippen molar-refractivity contribution in [2.24, 2.45) is 0 Å². The highest BCUT2D eigenvalue weighted by Crippen LogP contribution is 2.38. The van der Waals surface area contributed by atoms with Crippen LogP contribution in [0.4, 0.5) is 0 Å². The van der Waals surface area contributed by atoms with Crippen LogP contribution in [0.5, 0.6) is 11.5 Å². The Kier molecular flexibility index (Phi) is 5.48. The van der Waals surface area contributed by atoms with Crippen LogP contribution in [0.25, 0.3) is 10.8 Å². The molecule has 32 heavy (non-hydrogen) atoms. The fraction of sp³-hybridized carbons (Fsp3) is 0.292. The summed E-state index contributed by atoms with van der Waals surface area (Å²) >= 11 is 0. The van der Waals surface area contributed by atoms with Gasteiger partial charge in [-0.25, -0.2) is 12.7 Å². The monoisotopic (exact) mass is 452 g/mol. The van der Waals surface area contributed by atoms with Gasteiger partial charge in [0.2, 0.25) is 0 Å². The molecule has 3 aromatic carbocycles. The number of sulfonamides is 1. The van der Waals surface area contributed by atoms with Crippen molar-refractivity contribution in [3.8, 4) is 11.5 Å². The summed E-state index contributed by atoms with van der Waals surface area (Å²) in [6, 6.07) is 18.4. The molecule has 0 spiro atoms. The summed E-state index contributed by atoms with van der Waals surface area (Å²) < 4.78 is 38.2. The molecule has 2 heterocycles. The van der Waals surface area contributed by atoms with E-state index in [2.05, 4.69) is 5.32 Å². The average molecular weight is 453 g/mol. The van der Waals surface area contributed by atoms with Gasteiger partial charge in [-0.05, 0) is 43.0 Å². The average Bonchev–Trinajstić information content (AvgIpc) is 3.01. The molecule has 0 saturated heterocycles. The van der Waals surface area contributed by atoms with Gasteiger partial charge in [-0.2, -0.15) is 0 Å². The van der Waals surface area contributed by atoms with Gasteiger partial charge < -0.3 is 14.8 Å². The molecule has 0 aromatic heterocycles. The molecule has 1 atom stereocenters. The minimum absolute atomic E-state index is 0.102. The minimum Gasteiger partial charge on any atom is -0.486 e. The Hall–Kier alpha value is -3.10. The molecular weight excluding hydrogens is 428 g/mol. The molecule has 5 rings (SSSR count). The van der Waals surface area contributed by atoms with E-state index in [-0.39, 0.29) is 23.1 Å². The molecule has 1 unspecified atom stereocenters. The highest BCUT2D eigenvalue weighted by atomic mass is 32.2. The first kappa shape index (κ1) is 20.8. The number of fused-ring (bicyclic) bond motifs is 4. The maximum atomic E-state index is 12.6. The highest BCUT2D eigenvalue weighted by Gasteiger charge is 2.40. The second kappa shape index (κ2) is 8.44. The fourth-order valence-corrected chi connectivity index (χ4v) is 5.77. The number of ether oxygens (including phenoxy) is 2. The summed E-state index contributed by atoms with van der Waals surface area (Å²) in [6.45, 7) is 1.96. The zero-order valence-corrected chi connectivity index (χ0v) is 18.3. The number of nitrogens with one attached hydrogen (secondary N) is 1. The van der Waals surface area contributed by atoms with E-state index >= 15 is 0 Å². The normalized spacial score (nSPS) is 18.7. The molecule has 8 heteroatoms. The lowest BCUT2D eigenvalue weighted by Crippen LogP contribution is -2.39. The molecule has 7 nitrogen and oxygen atoms in total. The molecule has 0 saturated carbocycles. The topological polar surface area (TPSA) is 84.9 Å². The van der Waals surface area contributed by atoms with Crippen molar-refractivity contribution in [2.75, 3.05) is 26.2 Å². The molecule has 2 aliphatic heterocycles. The quantitative estimate of drug-likeness (QED) is 0.554. The SMILES string of the molecule is O=C1c2ccccc2S(=O)(=O)N1CCCCNCC1COc2ccc3ccccc3c2O1. The largest absolute Gasteiger partial charge is 0.486 e. The molecule has 2 aliphatic rings. The van der Waals surface area contributed by atoms with Crippen LogP contribution < -0.4 is 14.8 Å². The van der Waals surface area contributed by atoms with Crippen LogP contribution in [0, 0.1) is 0 Å². The molecule has 1 amide bonds. The van der Waals surface area contributed by atoms with E-state index in [1.165, 1.54) is 6.07 Å². The summed E-state index contributed by atoms with van der Waals surface area (Å²) in [6.07, 6.45) is 1.22. The second-order valence-electron chi connectivity index (χ2n) is 7.95. The molecule has 166 valence electrons. The van der Waals surface area contributed by atoms with Gasteiger partial charge in [0.1, 0.15) is 17.6 Å². The number of hydrogen-bond donors (Lipinski definition) is 1. The zero-order valence-electron chi connectivity index (χ0n) is 17.5. The van der Waals surface area contributed by atoms with E-state index in [9.17, 15) is 13.2 Å². The fourth-order valence-electron chi connectivity index (χ4n) is 4.16. The van der Waals surface area contributed by atoms with E-state index in [0.717, 1.165) is 33.0 Å². The Morgan fingerprint density at radius 3 is 2.69 bits per heavy atom. The Bertz CT molecular complexity index is 1270. The Morgan fingerprint density at radius 1 is 1.00 bits per heavy atom. The summed E-state index contributed by atoms with van der Waals surface area (Å²) in [7, 11) is -3.72. The van der Waals surface area contributed by atoms with Gasteiger partial charge in [-0.15, -0.1) is 0 Å². The standard InChI is InChI=1S/C24H24N2O5S/c27-24-20-9-3-4-10-22(20)32(28,29)26(24)14-6-5-13-25-15-18-16-30-21-12-11-17-7-1-2-8-19(17)23(21)31-18/h1-4,7-12,18,25H,5-6,13-16H2. The van der Waals surface area contributed by atoms with Crippen LogP contribution in [0.15, 0.2) is 65.6 Å². The number of unbranched alkanes of at least 4 members (excludes halogenated alkanes) is 1. The van der Waals surface area contributed by atoms with Gasteiger partial charge in [-0.3, -0.25) is 4.79 Å². The van der Waals surface area contributed by atoms with Gasteiger partial charge in [0.25, 0.3) is 15.9 Å². The van der Waals surface area contributed by atoms with Crippen LogP contribution >= 0.6 is 0 Å². The molecule has 0 radical (unpaired) electrons. The number of carbonyl (C=O) groups is 1. The van der Waals surface area contributed by atoms with Crippen molar-refractivity contribution in [1.82, 2.24) is 9.62 Å². The summed E-state index contributed by atoms with van der Waals surface area (Å²) in [4.78, 5) is 12.5. The molecule has 3 aromatic rings. The Balaban J connectivity index is 1.10. The maximum Gasteiger partial charge on any atom is 0.269 e. The Morgan fingerprint density at radius 2 is 1.81 bits per heavy atom. The second-order valence-corrected chi connectivity index (χ2v) is 9.79. The van der Waals surface area contributed by atoms with Crippen LogP contribution in [0.1, 0.15) is 23.2 Å². The zero-order chi connectivity index (χ0) is 22.1. The van der Waals surface area contributed by atoms with Gasteiger partial charge in [-0.1, -0.05) is 42.5 Å². The van der Waals surface area contributed by atoms with E-state index in [4.69, 9.17) is 9.47 Å². The van der Waals surface area contributed by atoms with Gasteiger partial charge in [0.05, 0.1) is 5.56 Å². The first-order valence-corrected chi connectivity index (χ1v) is 12.2. The van der Waals surface area contributed by atoms with Gasteiger partial charge in [0.15, 0.2) is 11.5 Å². The first-order chi connectivity index (χ1) is 15.6. The van der Waals surface area contributed by atoms with Gasteiger partial charge >= 0.3 is 0 Å². The number of nitrogens with zero attached hydrogens (tertiary/aromatic N) is 1. The van der Waals surface area contributed by atoms with E-state index < -0.39 is 15.9 Å². The predicted molar refractivity (Wildman–Crippen MR) is 121 cm³/mol. The third-order valence-electron chi connectivity index (χ3n) is 5.80. The van der Waals surface area contributed by atoms with Crippen molar-refractivity contribution in [3.63, 3.8) is 0 Å². The van der Waals surface area contributed by atoms with Crippen LogP contribution in [0.2, 0.25) is 0 Å². The van der Waals surface area contributed by atoms with Crippen molar-refractivity contribution in [3.05, 3.63) is 66.2 Å². The predicted octanol–water partition coefficient (Wildman–Crippen LogP) is 3.19. The first-order valence-electron chi connectivity index (χ1n) is 10.7. The summed E-state index contributed by atoms with van der Waals surface area (Å²) in [5, 5.41) is 5.49. The lowest BCUT2D eigenvalue weighted by molar-refractivity contribution is 0.0868. The van der Waals surface area contributed by atoms with Crippen LogP contribution in [-0.4, -0.2) is 51.0 Å². The lowest BCUT2D eigenvalue weighted by Gasteiger charge is -2.27. The Labute approximate surface area is 187 Å². The molecule has 0 fully saturated rings. The van der Waals surface area contributed by atoms with Crippen LogP contribution in [0.3, 0.4) is 0 Å². The third kappa shape index (κ3) is 3.69. The van der Waals surface area contributed by atoms with E-state index in [1.54, 1.807) is 18.2 Å². The molecule has 1 N–H and O–H groups in total. The smallest absolute Gasteiger partial charge is 0.269 e. The van der Waals surface area contributed by atoms with E-state index in [0.29, 0.717) is 26.1 Å². The van der Waals surface area contributed by atoms with Gasteiger partial charge in [0, 0.05) is 18.5 Å². The summed E-state index contributed by atoms with van der Waals surface area (Å²) in [5.74, 6) is 1.10. The highest BCUT2D eigenvalue weighted by molar-refractivity contribution is 7.90. The number of amides is 1. The van der Waals surface area contributed by atoms with Crippen molar-refractivity contribution < 1.29 is 22.7 Å². The summed E-state index contributed by atoms with van der Waals surface area (Å²) in [5.41, 5.74) is 0.257. The van der Waals surface area contributed by atoms with Crippen LogP contribution in [-0.2, 0) is 10.0 Å². The van der Waals surface area contributed by atoms with Crippen molar-refractivity contribution >= 4 is 26.7 Å². The number of carbonyl (C=O) groups excluding carboxylic acids is 1.